The van der Waals surface area contributed by atoms with Gasteiger partial charge in [-0.1, -0.05) is 0 Å². The Bertz CT molecular complexity index is 702. The summed E-state index contributed by atoms with van der Waals surface area (Å²) >= 11 is 0. The van der Waals surface area contributed by atoms with Crippen molar-refractivity contribution in [3.05, 3.63) is 39.5 Å². The van der Waals surface area contributed by atoms with E-state index in [2.05, 4.69) is 10.2 Å². The lowest BCUT2D eigenvalue weighted by Gasteiger charge is -2.13. The molecule has 0 aromatic carbocycles. The maximum atomic E-state index is 12.4. The molecule has 0 atom stereocenters. The van der Waals surface area contributed by atoms with Gasteiger partial charge in [-0.25, -0.2) is 0 Å². The topological polar surface area (TPSA) is 99.1 Å². The fourth-order valence-corrected chi connectivity index (χ4v) is 2.00. The standard InChI is InChI=1S/C12H16N6O3/c1-8-11(18(20)21)10(14-17(8)4)12(19)15(2)7-9-5-6-16(3)13-9/h5-6H,7H2,1-4H3. The van der Waals surface area contributed by atoms with Gasteiger partial charge in [-0.3, -0.25) is 24.3 Å². The van der Waals surface area contributed by atoms with E-state index in [4.69, 9.17) is 0 Å². The van der Waals surface area contributed by atoms with Crippen LogP contribution in [0.2, 0.25) is 0 Å². The summed E-state index contributed by atoms with van der Waals surface area (Å²) in [5.41, 5.74) is 0.632. The smallest absolute Gasteiger partial charge is 0.322 e. The van der Waals surface area contributed by atoms with Gasteiger partial charge in [0, 0.05) is 27.3 Å². The quantitative estimate of drug-likeness (QED) is 0.608. The SMILES string of the molecule is Cc1c([N+](=O)[O-])c(C(=O)N(C)Cc2ccn(C)n2)nn1C. The minimum absolute atomic E-state index is 0.154. The first kappa shape index (κ1) is 14.7. The van der Waals surface area contributed by atoms with Crippen molar-refractivity contribution < 1.29 is 9.72 Å². The lowest BCUT2D eigenvalue weighted by atomic mass is 10.2. The van der Waals surface area contributed by atoms with Gasteiger partial charge in [-0.2, -0.15) is 10.2 Å². The van der Waals surface area contributed by atoms with Crippen LogP contribution in [0.1, 0.15) is 21.9 Å². The Morgan fingerprint density at radius 3 is 2.62 bits per heavy atom. The number of rotatable bonds is 4. The average Bonchev–Trinajstić information content (AvgIpc) is 2.93. The summed E-state index contributed by atoms with van der Waals surface area (Å²) in [6.07, 6.45) is 1.76. The molecule has 0 unspecified atom stereocenters. The summed E-state index contributed by atoms with van der Waals surface area (Å²) in [5.74, 6) is -0.504. The lowest BCUT2D eigenvalue weighted by molar-refractivity contribution is -0.385. The second-order valence-corrected chi connectivity index (χ2v) is 4.81. The Kier molecular flexibility index (Phi) is 3.74. The maximum Gasteiger partial charge on any atom is 0.322 e. The third kappa shape index (κ3) is 2.76. The van der Waals surface area contributed by atoms with Crippen LogP contribution < -0.4 is 0 Å². The van der Waals surface area contributed by atoms with Crippen LogP contribution in [-0.4, -0.2) is 42.3 Å². The number of carbonyl (C=O) groups excluding carboxylic acids is 1. The molecule has 0 radical (unpaired) electrons. The Balaban J connectivity index is 2.27. The van der Waals surface area contributed by atoms with Crippen LogP contribution in [0.3, 0.4) is 0 Å². The van der Waals surface area contributed by atoms with Crippen LogP contribution >= 0.6 is 0 Å². The molecule has 9 heteroatoms. The van der Waals surface area contributed by atoms with Crippen molar-refractivity contribution >= 4 is 11.6 Å². The zero-order valence-corrected chi connectivity index (χ0v) is 12.3. The third-order valence-electron chi connectivity index (χ3n) is 3.20. The van der Waals surface area contributed by atoms with Crippen LogP contribution in [0.5, 0.6) is 0 Å². The zero-order chi connectivity index (χ0) is 15.7. The summed E-state index contributed by atoms with van der Waals surface area (Å²) in [4.78, 5) is 24.2. The molecule has 1 amide bonds. The van der Waals surface area contributed by atoms with Crippen molar-refractivity contribution in [2.24, 2.45) is 14.1 Å². The van der Waals surface area contributed by atoms with Crippen molar-refractivity contribution in [1.82, 2.24) is 24.5 Å². The molecule has 0 bridgehead atoms. The van der Waals surface area contributed by atoms with E-state index in [9.17, 15) is 14.9 Å². The number of amides is 1. The molecule has 21 heavy (non-hydrogen) atoms. The first-order valence-corrected chi connectivity index (χ1v) is 6.23. The van der Waals surface area contributed by atoms with Gasteiger partial charge in [0.1, 0.15) is 5.69 Å². The normalized spacial score (nSPS) is 10.7. The summed E-state index contributed by atoms with van der Waals surface area (Å²) in [7, 11) is 4.90. The van der Waals surface area contributed by atoms with E-state index in [1.807, 2.05) is 0 Å². The largest absolute Gasteiger partial charge is 0.334 e. The molecule has 9 nitrogen and oxygen atoms in total. The number of carbonyl (C=O) groups is 1. The van der Waals surface area contributed by atoms with Crippen molar-refractivity contribution in [2.75, 3.05) is 7.05 Å². The van der Waals surface area contributed by atoms with Crippen molar-refractivity contribution in [2.45, 2.75) is 13.5 Å². The second kappa shape index (κ2) is 5.35. The van der Waals surface area contributed by atoms with E-state index < -0.39 is 10.8 Å². The van der Waals surface area contributed by atoms with Crippen molar-refractivity contribution in [3.8, 4) is 0 Å². The van der Waals surface area contributed by atoms with Crippen LogP contribution in [0.25, 0.3) is 0 Å². The molecule has 0 aliphatic rings. The van der Waals surface area contributed by atoms with Gasteiger partial charge in [0.2, 0.25) is 5.69 Å². The number of aromatic nitrogens is 4. The van der Waals surface area contributed by atoms with Crippen LogP contribution in [0.15, 0.2) is 12.3 Å². The minimum Gasteiger partial charge on any atom is -0.334 e. The van der Waals surface area contributed by atoms with Gasteiger partial charge >= 0.3 is 5.69 Å². The molecule has 0 aliphatic heterocycles. The second-order valence-electron chi connectivity index (χ2n) is 4.81. The molecule has 0 spiro atoms. The van der Waals surface area contributed by atoms with Gasteiger partial charge in [0.05, 0.1) is 17.2 Å². The van der Waals surface area contributed by atoms with E-state index in [0.29, 0.717) is 11.4 Å². The highest BCUT2D eigenvalue weighted by Gasteiger charge is 2.30. The molecule has 2 rings (SSSR count). The van der Waals surface area contributed by atoms with E-state index in [-0.39, 0.29) is 17.9 Å². The van der Waals surface area contributed by atoms with E-state index in [1.54, 1.807) is 45.0 Å². The Labute approximate surface area is 120 Å². The Morgan fingerprint density at radius 1 is 1.43 bits per heavy atom. The van der Waals surface area contributed by atoms with E-state index in [0.717, 1.165) is 0 Å². The molecule has 0 saturated heterocycles. The molecule has 2 aromatic rings. The van der Waals surface area contributed by atoms with Gasteiger partial charge in [-0.05, 0) is 13.0 Å². The summed E-state index contributed by atoms with van der Waals surface area (Å²) in [6, 6.07) is 1.78. The molecule has 0 fully saturated rings. The first-order valence-electron chi connectivity index (χ1n) is 6.23. The van der Waals surface area contributed by atoms with Gasteiger partial charge in [0.15, 0.2) is 0 Å². The summed E-state index contributed by atoms with van der Waals surface area (Å²) in [6.45, 7) is 1.81. The Hall–Kier alpha value is -2.71. The van der Waals surface area contributed by atoms with Crippen LogP contribution in [-0.2, 0) is 20.6 Å². The molecule has 0 saturated carbocycles. The van der Waals surface area contributed by atoms with Crippen LogP contribution in [0, 0.1) is 17.0 Å². The molecule has 112 valence electrons. The maximum absolute atomic E-state index is 12.4. The molecular weight excluding hydrogens is 276 g/mol. The van der Waals surface area contributed by atoms with E-state index in [1.165, 1.54) is 9.58 Å². The summed E-state index contributed by atoms with van der Waals surface area (Å²) < 4.78 is 2.96. The third-order valence-corrected chi connectivity index (χ3v) is 3.20. The summed E-state index contributed by atoms with van der Waals surface area (Å²) in [5, 5.41) is 19.2. The molecular formula is C12H16N6O3. The highest BCUT2D eigenvalue weighted by Crippen LogP contribution is 2.23. The molecule has 0 aliphatic carbocycles. The monoisotopic (exact) mass is 292 g/mol. The molecule has 0 N–H and O–H groups in total. The number of nitro groups is 1. The lowest BCUT2D eigenvalue weighted by Crippen LogP contribution is -2.27. The molecule has 2 aromatic heterocycles. The van der Waals surface area contributed by atoms with Crippen molar-refractivity contribution in [1.29, 1.82) is 0 Å². The van der Waals surface area contributed by atoms with Crippen LogP contribution in [0.4, 0.5) is 5.69 Å². The predicted octanol–water partition coefficient (Wildman–Crippen LogP) is 0.642. The fourth-order valence-electron chi connectivity index (χ4n) is 2.00. The highest BCUT2D eigenvalue weighted by molar-refractivity contribution is 5.96. The number of aryl methyl sites for hydroxylation is 2. The number of nitrogens with zero attached hydrogens (tertiary/aromatic N) is 6. The highest BCUT2D eigenvalue weighted by atomic mass is 16.6. The zero-order valence-electron chi connectivity index (χ0n) is 12.3. The first-order chi connectivity index (χ1) is 9.81. The fraction of sp³-hybridized carbons (Fsp3) is 0.417. The van der Waals surface area contributed by atoms with Gasteiger partial charge in [-0.15, -0.1) is 0 Å². The van der Waals surface area contributed by atoms with Gasteiger partial charge in [0.25, 0.3) is 5.91 Å². The number of hydrogen-bond donors (Lipinski definition) is 0. The Morgan fingerprint density at radius 2 is 2.10 bits per heavy atom. The predicted molar refractivity (Wildman–Crippen MR) is 73.6 cm³/mol. The average molecular weight is 292 g/mol. The molecule has 2 heterocycles. The number of hydrogen-bond acceptors (Lipinski definition) is 5. The minimum atomic E-state index is -0.579. The van der Waals surface area contributed by atoms with Crippen molar-refractivity contribution in [3.63, 3.8) is 0 Å². The van der Waals surface area contributed by atoms with E-state index >= 15 is 0 Å². The van der Waals surface area contributed by atoms with Gasteiger partial charge < -0.3 is 4.90 Å².